The molecule has 0 aliphatic rings. The van der Waals surface area contributed by atoms with Crippen molar-refractivity contribution in [2.24, 2.45) is 0 Å². The molecule has 0 radical (unpaired) electrons. The lowest BCUT2D eigenvalue weighted by Crippen LogP contribution is -1.98. The van der Waals surface area contributed by atoms with Crippen LogP contribution in [0.15, 0.2) is 47.4 Å². The lowest BCUT2D eigenvalue weighted by Gasteiger charge is -2.09. The largest absolute Gasteiger partial charge is 0.507 e. The molecule has 0 atom stereocenters. The van der Waals surface area contributed by atoms with Crippen LogP contribution in [0.2, 0.25) is 0 Å². The number of carbonyl (C=O) groups excluding carboxylic acids is 2. The van der Waals surface area contributed by atoms with Gasteiger partial charge in [0.05, 0.1) is 5.56 Å². The predicted octanol–water partition coefficient (Wildman–Crippen LogP) is 3.31. The second kappa shape index (κ2) is 6.20. The maximum absolute atomic E-state index is 11.0. The van der Waals surface area contributed by atoms with Gasteiger partial charge in [-0.05, 0) is 29.8 Å². The number of thioether (sulfide) groups is 1. The van der Waals surface area contributed by atoms with E-state index >= 15 is 0 Å². The SMILES string of the molecule is O=Cc1ccc(O)c(C=O)c1CSc1ccccc1. The van der Waals surface area contributed by atoms with Crippen molar-refractivity contribution in [3.63, 3.8) is 0 Å². The van der Waals surface area contributed by atoms with Gasteiger partial charge in [0.2, 0.25) is 0 Å². The highest BCUT2D eigenvalue weighted by Crippen LogP contribution is 2.29. The maximum atomic E-state index is 11.0. The van der Waals surface area contributed by atoms with Crippen molar-refractivity contribution >= 4 is 24.3 Å². The summed E-state index contributed by atoms with van der Waals surface area (Å²) in [6.07, 6.45) is 1.29. The summed E-state index contributed by atoms with van der Waals surface area (Å²) in [5.41, 5.74) is 1.19. The van der Waals surface area contributed by atoms with Crippen LogP contribution in [0.3, 0.4) is 0 Å². The molecule has 19 heavy (non-hydrogen) atoms. The van der Waals surface area contributed by atoms with Crippen LogP contribution in [0.1, 0.15) is 26.3 Å². The number of phenols is 1. The molecule has 0 bridgehead atoms. The molecule has 2 aromatic carbocycles. The normalized spacial score (nSPS) is 10.1. The van der Waals surface area contributed by atoms with Crippen molar-refractivity contribution in [2.45, 2.75) is 10.6 Å². The Labute approximate surface area is 115 Å². The zero-order valence-corrected chi connectivity index (χ0v) is 10.9. The van der Waals surface area contributed by atoms with E-state index in [9.17, 15) is 14.7 Å². The Bertz CT molecular complexity index is 594. The lowest BCUT2D eigenvalue weighted by atomic mass is 10.0. The summed E-state index contributed by atoms with van der Waals surface area (Å²) < 4.78 is 0. The Morgan fingerprint density at radius 3 is 2.37 bits per heavy atom. The molecule has 0 saturated carbocycles. The Balaban J connectivity index is 2.30. The fourth-order valence-electron chi connectivity index (χ4n) is 1.74. The minimum Gasteiger partial charge on any atom is -0.507 e. The van der Waals surface area contributed by atoms with Gasteiger partial charge < -0.3 is 5.11 Å². The van der Waals surface area contributed by atoms with Crippen LogP contribution in [-0.2, 0) is 5.75 Å². The van der Waals surface area contributed by atoms with E-state index in [1.54, 1.807) is 0 Å². The number of aldehydes is 2. The predicted molar refractivity (Wildman–Crippen MR) is 74.9 cm³/mol. The average Bonchev–Trinajstić information content (AvgIpc) is 2.46. The number of benzene rings is 2. The summed E-state index contributed by atoms with van der Waals surface area (Å²) in [5.74, 6) is 0.366. The third-order valence-corrected chi connectivity index (χ3v) is 3.78. The van der Waals surface area contributed by atoms with E-state index in [-0.39, 0.29) is 11.3 Å². The van der Waals surface area contributed by atoms with Crippen LogP contribution in [-0.4, -0.2) is 17.7 Å². The molecule has 0 aromatic heterocycles. The number of carbonyl (C=O) groups is 2. The van der Waals surface area contributed by atoms with Crippen LogP contribution in [0.4, 0.5) is 0 Å². The molecule has 0 fully saturated rings. The van der Waals surface area contributed by atoms with E-state index in [4.69, 9.17) is 0 Å². The standard InChI is InChI=1S/C15H12O3S/c16-8-11-6-7-15(18)13(9-17)14(11)10-19-12-4-2-1-3-5-12/h1-9,18H,10H2. The van der Waals surface area contributed by atoms with Gasteiger partial charge in [-0.15, -0.1) is 11.8 Å². The van der Waals surface area contributed by atoms with Crippen LogP contribution >= 0.6 is 11.8 Å². The van der Waals surface area contributed by atoms with Crippen molar-refractivity contribution in [3.8, 4) is 5.75 Å². The van der Waals surface area contributed by atoms with Crippen LogP contribution in [0, 0.1) is 0 Å². The summed E-state index contributed by atoms with van der Waals surface area (Å²) in [4.78, 5) is 23.1. The van der Waals surface area contributed by atoms with Gasteiger partial charge in [0.25, 0.3) is 0 Å². The molecule has 96 valence electrons. The summed E-state index contributed by atoms with van der Waals surface area (Å²) in [7, 11) is 0. The number of rotatable bonds is 5. The number of phenolic OH excluding ortho intramolecular Hbond substituents is 1. The monoisotopic (exact) mass is 272 g/mol. The highest BCUT2D eigenvalue weighted by Gasteiger charge is 2.12. The van der Waals surface area contributed by atoms with E-state index < -0.39 is 0 Å². The minimum absolute atomic E-state index is 0.0933. The minimum atomic E-state index is -0.0933. The number of hydrogen-bond donors (Lipinski definition) is 1. The van der Waals surface area contributed by atoms with Crippen molar-refractivity contribution in [2.75, 3.05) is 0 Å². The average molecular weight is 272 g/mol. The zero-order valence-electron chi connectivity index (χ0n) is 10.1. The lowest BCUT2D eigenvalue weighted by molar-refractivity contribution is 0.112. The summed E-state index contributed by atoms with van der Waals surface area (Å²) in [6.45, 7) is 0. The molecule has 0 aliphatic carbocycles. The first-order valence-electron chi connectivity index (χ1n) is 5.69. The molecule has 0 unspecified atom stereocenters. The van der Waals surface area contributed by atoms with E-state index in [0.717, 1.165) is 4.90 Å². The topological polar surface area (TPSA) is 54.4 Å². The third-order valence-electron chi connectivity index (χ3n) is 2.74. The molecule has 2 rings (SSSR count). The van der Waals surface area contributed by atoms with Gasteiger partial charge in [0.15, 0.2) is 6.29 Å². The molecule has 2 aromatic rings. The van der Waals surface area contributed by atoms with Gasteiger partial charge in [-0.2, -0.15) is 0 Å². The van der Waals surface area contributed by atoms with Gasteiger partial charge in [-0.1, -0.05) is 18.2 Å². The van der Waals surface area contributed by atoms with Gasteiger partial charge >= 0.3 is 0 Å². The molecule has 0 aliphatic heterocycles. The molecule has 0 heterocycles. The van der Waals surface area contributed by atoms with Gasteiger partial charge in [-0.25, -0.2) is 0 Å². The molecular formula is C15H12O3S. The van der Waals surface area contributed by atoms with E-state index in [0.29, 0.717) is 29.5 Å². The zero-order chi connectivity index (χ0) is 13.7. The fraction of sp³-hybridized carbons (Fsp3) is 0.0667. The molecule has 0 amide bonds. The Morgan fingerprint density at radius 1 is 1.00 bits per heavy atom. The van der Waals surface area contributed by atoms with Crippen LogP contribution in [0.25, 0.3) is 0 Å². The first-order valence-corrected chi connectivity index (χ1v) is 6.68. The van der Waals surface area contributed by atoms with Crippen LogP contribution < -0.4 is 0 Å². The Kier molecular flexibility index (Phi) is 4.36. The highest BCUT2D eigenvalue weighted by molar-refractivity contribution is 7.98. The number of aromatic hydroxyl groups is 1. The molecule has 0 spiro atoms. The smallest absolute Gasteiger partial charge is 0.154 e. The molecule has 3 nitrogen and oxygen atoms in total. The van der Waals surface area contributed by atoms with Gasteiger partial charge in [-0.3, -0.25) is 9.59 Å². The second-order valence-electron chi connectivity index (χ2n) is 3.90. The Hall–Kier alpha value is -2.07. The molecule has 0 saturated heterocycles. The quantitative estimate of drug-likeness (QED) is 0.670. The van der Waals surface area contributed by atoms with E-state index in [1.165, 1.54) is 23.9 Å². The van der Waals surface area contributed by atoms with Gasteiger partial charge in [0, 0.05) is 16.2 Å². The Morgan fingerprint density at radius 2 is 1.74 bits per heavy atom. The summed E-state index contributed by atoms with van der Waals surface area (Å²) >= 11 is 1.51. The van der Waals surface area contributed by atoms with Crippen molar-refractivity contribution < 1.29 is 14.7 Å². The van der Waals surface area contributed by atoms with Crippen LogP contribution in [0.5, 0.6) is 5.75 Å². The molecule has 4 heteroatoms. The molecular weight excluding hydrogens is 260 g/mol. The first-order chi connectivity index (χ1) is 9.26. The molecule has 1 N–H and O–H groups in total. The van der Waals surface area contributed by atoms with Crippen molar-refractivity contribution in [1.29, 1.82) is 0 Å². The highest BCUT2D eigenvalue weighted by atomic mass is 32.2. The number of hydrogen-bond acceptors (Lipinski definition) is 4. The van der Waals surface area contributed by atoms with Crippen molar-refractivity contribution in [3.05, 3.63) is 59.2 Å². The summed E-state index contributed by atoms with van der Waals surface area (Å²) in [5, 5.41) is 9.65. The summed E-state index contributed by atoms with van der Waals surface area (Å²) in [6, 6.07) is 12.6. The van der Waals surface area contributed by atoms with E-state index in [2.05, 4.69) is 0 Å². The van der Waals surface area contributed by atoms with E-state index in [1.807, 2.05) is 30.3 Å². The second-order valence-corrected chi connectivity index (χ2v) is 4.95. The maximum Gasteiger partial charge on any atom is 0.154 e. The van der Waals surface area contributed by atoms with Crippen molar-refractivity contribution in [1.82, 2.24) is 0 Å². The first kappa shape index (κ1) is 13.4. The fourth-order valence-corrected chi connectivity index (χ4v) is 2.73. The van der Waals surface area contributed by atoms with Gasteiger partial charge in [0.1, 0.15) is 12.0 Å². The third kappa shape index (κ3) is 3.03.